The lowest BCUT2D eigenvalue weighted by Gasteiger charge is -2.13. The van der Waals surface area contributed by atoms with Gasteiger partial charge in [0.05, 0.1) is 0 Å². The molecular formula is C15H27N3O2S. The smallest absolute Gasteiger partial charge is 0.258 e. The molecule has 0 saturated heterocycles. The molecule has 5 nitrogen and oxygen atoms in total. The highest BCUT2D eigenvalue weighted by atomic mass is 32.2. The van der Waals surface area contributed by atoms with Gasteiger partial charge in [0, 0.05) is 19.3 Å². The Kier molecular flexibility index (Phi) is 7.85. The van der Waals surface area contributed by atoms with Crippen molar-refractivity contribution in [2.45, 2.75) is 51.6 Å². The van der Waals surface area contributed by atoms with Crippen molar-refractivity contribution in [2.75, 3.05) is 13.1 Å². The van der Waals surface area contributed by atoms with Crippen LogP contribution in [0.3, 0.4) is 0 Å². The Morgan fingerprint density at radius 3 is 2.43 bits per heavy atom. The van der Waals surface area contributed by atoms with Crippen molar-refractivity contribution >= 4 is 10.0 Å². The van der Waals surface area contributed by atoms with Crippen LogP contribution in [-0.2, 0) is 16.6 Å². The number of hydrogen-bond donors (Lipinski definition) is 2. The van der Waals surface area contributed by atoms with E-state index >= 15 is 0 Å². The van der Waals surface area contributed by atoms with Gasteiger partial charge in [0.2, 0.25) is 0 Å². The van der Waals surface area contributed by atoms with Gasteiger partial charge in [-0.15, -0.1) is 0 Å². The maximum absolute atomic E-state index is 12.2. The molecule has 0 bridgehead atoms. The fourth-order valence-corrected chi connectivity index (χ4v) is 3.00. The summed E-state index contributed by atoms with van der Waals surface area (Å²) in [6, 6.07) is 3.37. The summed E-state index contributed by atoms with van der Waals surface area (Å²) in [6.07, 6.45) is 4.62. The van der Waals surface area contributed by atoms with Crippen molar-refractivity contribution in [3.8, 4) is 0 Å². The van der Waals surface area contributed by atoms with Crippen LogP contribution in [0.25, 0.3) is 0 Å². The van der Waals surface area contributed by atoms with E-state index in [4.69, 9.17) is 0 Å². The molecule has 0 atom stereocenters. The number of hydrogen-bond acceptors (Lipinski definition) is 4. The number of rotatable bonds is 10. The van der Waals surface area contributed by atoms with E-state index in [2.05, 4.69) is 35.8 Å². The van der Waals surface area contributed by atoms with E-state index in [1.54, 1.807) is 18.3 Å². The number of sulfonamides is 1. The Hall–Kier alpha value is -0.980. The van der Waals surface area contributed by atoms with Crippen LogP contribution < -0.4 is 10.0 Å². The Labute approximate surface area is 128 Å². The summed E-state index contributed by atoms with van der Waals surface area (Å²) in [5.74, 6) is 0.372. The average molecular weight is 313 g/mol. The molecule has 120 valence electrons. The summed E-state index contributed by atoms with van der Waals surface area (Å²) in [6.45, 7) is 8.36. The van der Waals surface area contributed by atoms with Gasteiger partial charge in [-0.2, -0.15) is 0 Å². The zero-order valence-electron chi connectivity index (χ0n) is 13.2. The second-order valence-corrected chi connectivity index (χ2v) is 6.93. The van der Waals surface area contributed by atoms with Crippen LogP contribution in [0.15, 0.2) is 23.4 Å². The van der Waals surface area contributed by atoms with Crippen LogP contribution in [0.4, 0.5) is 0 Å². The summed E-state index contributed by atoms with van der Waals surface area (Å²) in [5.41, 5.74) is 0.988. The topological polar surface area (TPSA) is 71.1 Å². The first-order chi connectivity index (χ1) is 10.0. The van der Waals surface area contributed by atoms with Crippen LogP contribution in [0.2, 0.25) is 0 Å². The van der Waals surface area contributed by atoms with E-state index in [0.717, 1.165) is 31.4 Å². The largest absolute Gasteiger partial charge is 0.313 e. The Morgan fingerprint density at radius 1 is 1.19 bits per heavy atom. The molecule has 0 aromatic carbocycles. The molecule has 0 unspecified atom stereocenters. The number of aromatic nitrogens is 1. The predicted molar refractivity (Wildman–Crippen MR) is 85.5 cm³/mol. The summed E-state index contributed by atoms with van der Waals surface area (Å²) in [5, 5.41) is 3.35. The first kappa shape index (κ1) is 18.1. The van der Waals surface area contributed by atoms with Gasteiger partial charge in [0.15, 0.2) is 5.03 Å². The second kappa shape index (κ2) is 9.12. The maximum atomic E-state index is 12.2. The monoisotopic (exact) mass is 313 g/mol. The van der Waals surface area contributed by atoms with E-state index in [9.17, 15) is 8.42 Å². The van der Waals surface area contributed by atoms with Gasteiger partial charge >= 0.3 is 0 Å². The molecule has 0 amide bonds. The van der Waals surface area contributed by atoms with Gasteiger partial charge < -0.3 is 5.32 Å². The maximum Gasteiger partial charge on any atom is 0.258 e. The zero-order valence-corrected chi connectivity index (χ0v) is 14.0. The first-order valence-corrected chi connectivity index (χ1v) is 9.17. The van der Waals surface area contributed by atoms with E-state index in [1.807, 2.05) is 0 Å². The van der Waals surface area contributed by atoms with Crippen LogP contribution in [0.5, 0.6) is 0 Å². The third-order valence-corrected chi connectivity index (χ3v) is 4.88. The van der Waals surface area contributed by atoms with Crippen molar-refractivity contribution in [2.24, 2.45) is 5.92 Å². The van der Waals surface area contributed by atoms with Gasteiger partial charge in [-0.05, 0) is 30.5 Å². The highest BCUT2D eigenvalue weighted by molar-refractivity contribution is 7.89. The van der Waals surface area contributed by atoms with Gasteiger partial charge in [-0.1, -0.05) is 39.7 Å². The van der Waals surface area contributed by atoms with Crippen LogP contribution in [0, 0.1) is 5.92 Å². The minimum atomic E-state index is -3.50. The normalized spacial score (nSPS) is 12.0. The number of nitrogens with zero attached hydrogens (tertiary/aromatic N) is 1. The van der Waals surface area contributed by atoms with Crippen molar-refractivity contribution in [3.05, 3.63) is 23.9 Å². The van der Waals surface area contributed by atoms with Crippen molar-refractivity contribution in [1.29, 1.82) is 0 Å². The van der Waals surface area contributed by atoms with Gasteiger partial charge in [0.1, 0.15) is 0 Å². The molecule has 0 aliphatic rings. The second-order valence-electron chi connectivity index (χ2n) is 5.22. The molecular weight excluding hydrogens is 286 g/mol. The molecule has 1 aromatic heterocycles. The van der Waals surface area contributed by atoms with Gasteiger partial charge in [-0.25, -0.2) is 18.1 Å². The summed E-state index contributed by atoms with van der Waals surface area (Å²) in [4.78, 5) is 4.07. The Bertz CT molecular complexity index is 496. The van der Waals surface area contributed by atoms with Crippen LogP contribution >= 0.6 is 0 Å². The SMILES string of the molecule is CCCNCc1ccc(S(=O)(=O)NCC(CC)CC)nc1. The molecule has 1 aromatic rings. The Morgan fingerprint density at radius 2 is 1.90 bits per heavy atom. The fourth-order valence-electron chi connectivity index (χ4n) is 1.96. The minimum absolute atomic E-state index is 0.0905. The summed E-state index contributed by atoms with van der Waals surface area (Å²) in [7, 11) is -3.50. The standard InChI is InChI=1S/C15H27N3O2S/c1-4-9-16-10-14-7-8-15(17-11-14)21(19,20)18-12-13(5-2)6-3/h7-8,11,13,16,18H,4-6,9-10,12H2,1-3H3. The van der Waals surface area contributed by atoms with E-state index in [1.165, 1.54) is 0 Å². The molecule has 0 radical (unpaired) electrons. The van der Waals surface area contributed by atoms with Crippen LogP contribution in [-0.4, -0.2) is 26.5 Å². The molecule has 1 heterocycles. The highest BCUT2D eigenvalue weighted by Crippen LogP contribution is 2.10. The third kappa shape index (κ3) is 6.11. The third-order valence-electron chi connectivity index (χ3n) is 3.55. The molecule has 0 spiro atoms. The predicted octanol–water partition coefficient (Wildman–Crippen LogP) is 2.30. The molecule has 0 aliphatic heterocycles. The molecule has 21 heavy (non-hydrogen) atoms. The van der Waals surface area contributed by atoms with Gasteiger partial charge in [0.25, 0.3) is 10.0 Å². The number of nitrogens with one attached hydrogen (secondary N) is 2. The van der Waals surface area contributed by atoms with Crippen molar-refractivity contribution in [1.82, 2.24) is 15.0 Å². The minimum Gasteiger partial charge on any atom is -0.313 e. The quantitative estimate of drug-likeness (QED) is 0.650. The molecule has 6 heteroatoms. The molecule has 1 rings (SSSR count). The fraction of sp³-hybridized carbons (Fsp3) is 0.667. The number of pyridine rings is 1. The average Bonchev–Trinajstić information content (AvgIpc) is 2.49. The highest BCUT2D eigenvalue weighted by Gasteiger charge is 2.16. The first-order valence-electron chi connectivity index (χ1n) is 7.68. The lowest BCUT2D eigenvalue weighted by Crippen LogP contribution is -2.29. The summed E-state index contributed by atoms with van der Waals surface area (Å²) < 4.78 is 26.9. The molecule has 0 aliphatic carbocycles. The summed E-state index contributed by atoms with van der Waals surface area (Å²) >= 11 is 0. The van der Waals surface area contributed by atoms with E-state index in [-0.39, 0.29) is 5.03 Å². The lowest BCUT2D eigenvalue weighted by atomic mass is 10.0. The molecule has 0 fully saturated rings. The Balaban J connectivity index is 2.62. The van der Waals surface area contributed by atoms with Crippen molar-refractivity contribution in [3.63, 3.8) is 0 Å². The molecule has 0 saturated carbocycles. The lowest BCUT2D eigenvalue weighted by molar-refractivity contribution is 0.478. The van der Waals surface area contributed by atoms with Crippen molar-refractivity contribution < 1.29 is 8.42 Å². The zero-order chi connectivity index (χ0) is 15.7. The van der Waals surface area contributed by atoms with E-state index in [0.29, 0.717) is 19.0 Å². The van der Waals surface area contributed by atoms with E-state index < -0.39 is 10.0 Å². The van der Waals surface area contributed by atoms with Gasteiger partial charge in [-0.3, -0.25) is 0 Å². The molecule has 2 N–H and O–H groups in total. The van der Waals surface area contributed by atoms with Crippen LogP contribution in [0.1, 0.15) is 45.6 Å².